The quantitative estimate of drug-likeness (QED) is 0.547. The van der Waals surface area contributed by atoms with Crippen LogP contribution in [0.15, 0.2) is 0 Å². The van der Waals surface area contributed by atoms with Gasteiger partial charge in [0.15, 0.2) is 0 Å². The first-order valence-electron chi connectivity index (χ1n) is 3.30. The van der Waals surface area contributed by atoms with Crippen molar-refractivity contribution >= 4 is 5.91 Å². The fraction of sp³-hybridized carbons (Fsp3) is 0.857. The van der Waals surface area contributed by atoms with Crippen molar-refractivity contribution in [1.29, 1.82) is 0 Å². The van der Waals surface area contributed by atoms with E-state index >= 15 is 0 Å². The Balaban J connectivity index is 3.73. The van der Waals surface area contributed by atoms with E-state index in [1.165, 1.54) is 0 Å². The number of nitrogens with zero attached hydrogens (tertiary/aromatic N) is 1. The van der Waals surface area contributed by atoms with Gasteiger partial charge in [-0.15, -0.1) is 0 Å². The van der Waals surface area contributed by atoms with Crippen LogP contribution in [-0.4, -0.2) is 24.9 Å². The fourth-order valence-electron chi connectivity index (χ4n) is 0.615. The molecule has 0 radical (unpaired) electrons. The van der Waals surface area contributed by atoms with Gasteiger partial charge >= 0.3 is 0 Å². The standard InChI is InChI=1S/C7H15NO/c1-5-6(2)7(9)8(3)4/h6H,5H2,1-4H3. The average molecular weight is 129 g/mol. The summed E-state index contributed by atoms with van der Waals surface area (Å²) in [6.07, 6.45) is 0.928. The first-order valence-corrected chi connectivity index (χ1v) is 3.30. The number of amides is 1. The van der Waals surface area contributed by atoms with Gasteiger partial charge in [0.05, 0.1) is 0 Å². The van der Waals surface area contributed by atoms with Crippen molar-refractivity contribution < 1.29 is 4.79 Å². The van der Waals surface area contributed by atoms with Crippen LogP contribution in [0.25, 0.3) is 0 Å². The molecule has 0 aliphatic carbocycles. The molecule has 1 amide bonds. The molecule has 0 spiro atoms. The summed E-state index contributed by atoms with van der Waals surface area (Å²) in [4.78, 5) is 12.6. The summed E-state index contributed by atoms with van der Waals surface area (Å²) in [5, 5.41) is 0. The lowest BCUT2D eigenvalue weighted by atomic mass is 10.1. The lowest BCUT2D eigenvalue weighted by molar-refractivity contribution is -0.132. The Kier molecular flexibility index (Phi) is 3.28. The second-order valence-electron chi connectivity index (χ2n) is 2.54. The maximum absolute atomic E-state index is 11.0. The van der Waals surface area contributed by atoms with Crippen molar-refractivity contribution in [2.24, 2.45) is 5.92 Å². The van der Waals surface area contributed by atoms with E-state index in [0.717, 1.165) is 6.42 Å². The Labute approximate surface area is 56.9 Å². The minimum atomic E-state index is 0.181. The van der Waals surface area contributed by atoms with Crippen LogP contribution in [-0.2, 0) is 4.79 Å². The molecule has 1 unspecified atom stereocenters. The molecule has 0 aliphatic heterocycles. The molecule has 0 aromatic carbocycles. The van der Waals surface area contributed by atoms with E-state index in [1.807, 2.05) is 13.8 Å². The zero-order valence-corrected chi connectivity index (χ0v) is 6.64. The molecule has 0 aromatic heterocycles. The van der Waals surface area contributed by atoms with Crippen molar-refractivity contribution in [3.05, 3.63) is 0 Å². The first-order chi connectivity index (χ1) is 4.09. The topological polar surface area (TPSA) is 20.3 Å². The largest absolute Gasteiger partial charge is 0.349 e. The monoisotopic (exact) mass is 129 g/mol. The van der Waals surface area contributed by atoms with Gasteiger partial charge in [0.25, 0.3) is 0 Å². The summed E-state index contributed by atoms with van der Waals surface area (Å²) in [6.45, 7) is 3.97. The normalized spacial score (nSPS) is 12.9. The third-order valence-corrected chi connectivity index (χ3v) is 1.47. The van der Waals surface area contributed by atoms with Crippen LogP contribution >= 0.6 is 0 Å². The third-order valence-electron chi connectivity index (χ3n) is 1.47. The highest BCUT2D eigenvalue weighted by Crippen LogP contribution is 2.02. The van der Waals surface area contributed by atoms with Crippen molar-refractivity contribution in [1.82, 2.24) is 4.90 Å². The van der Waals surface area contributed by atoms with E-state index in [1.54, 1.807) is 19.0 Å². The van der Waals surface area contributed by atoms with Gasteiger partial charge in [-0.25, -0.2) is 0 Å². The first kappa shape index (κ1) is 8.47. The molecule has 0 N–H and O–H groups in total. The van der Waals surface area contributed by atoms with Crippen LogP contribution in [0.4, 0.5) is 0 Å². The van der Waals surface area contributed by atoms with Gasteiger partial charge in [0.2, 0.25) is 5.91 Å². The molecular formula is C7H15NO. The van der Waals surface area contributed by atoms with Crippen LogP contribution < -0.4 is 0 Å². The summed E-state index contributed by atoms with van der Waals surface area (Å²) in [5.74, 6) is 0.400. The molecule has 2 nitrogen and oxygen atoms in total. The zero-order valence-electron chi connectivity index (χ0n) is 6.64. The molecule has 54 valence electrons. The Bertz CT molecular complexity index is 99.1. The van der Waals surface area contributed by atoms with Crippen LogP contribution in [0.5, 0.6) is 0 Å². The number of rotatable bonds is 2. The predicted molar refractivity (Wildman–Crippen MR) is 38.1 cm³/mol. The number of carbonyl (C=O) groups is 1. The summed E-state index contributed by atoms with van der Waals surface area (Å²) < 4.78 is 0. The molecule has 9 heavy (non-hydrogen) atoms. The van der Waals surface area contributed by atoms with Crippen LogP contribution in [0.2, 0.25) is 0 Å². The summed E-state index contributed by atoms with van der Waals surface area (Å²) in [6, 6.07) is 0. The van der Waals surface area contributed by atoms with Crippen molar-refractivity contribution in [2.75, 3.05) is 14.1 Å². The molecule has 2 heteroatoms. The van der Waals surface area contributed by atoms with E-state index in [-0.39, 0.29) is 11.8 Å². The summed E-state index contributed by atoms with van der Waals surface area (Å²) >= 11 is 0. The summed E-state index contributed by atoms with van der Waals surface area (Å²) in [5.41, 5.74) is 0. The van der Waals surface area contributed by atoms with Crippen molar-refractivity contribution in [3.8, 4) is 0 Å². The second-order valence-corrected chi connectivity index (χ2v) is 2.54. The molecular weight excluding hydrogens is 114 g/mol. The van der Waals surface area contributed by atoms with Gasteiger partial charge in [0, 0.05) is 20.0 Å². The van der Waals surface area contributed by atoms with Gasteiger partial charge in [-0.2, -0.15) is 0 Å². The van der Waals surface area contributed by atoms with Gasteiger partial charge in [0.1, 0.15) is 0 Å². The van der Waals surface area contributed by atoms with E-state index in [9.17, 15) is 4.79 Å². The Morgan fingerprint density at radius 2 is 2.00 bits per heavy atom. The molecule has 0 aliphatic rings. The smallest absolute Gasteiger partial charge is 0.224 e. The minimum absolute atomic E-state index is 0.181. The molecule has 0 bridgehead atoms. The number of hydrogen-bond donors (Lipinski definition) is 0. The van der Waals surface area contributed by atoms with E-state index in [0.29, 0.717) is 0 Å². The average Bonchev–Trinajstić information content (AvgIpc) is 1.84. The van der Waals surface area contributed by atoms with Gasteiger partial charge in [-0.05, 0) is 6.42 Å². The second kappa shape index (κ2) is 3.49. The lowest BCUT2D eigenvalue weighted by Crippen LogP contribution is -2.27. The molecule has 0 aromatic rings. The Hall–Kier alpha value is -0.530. The van der Waals surface area contributed by atoms with Gasteiger partial charge in [-0.3, -0.25) is 4.79 Å². The highest BCUT2D eigenvalue weighted by atomic mass is 16.2. The zero-order chi connectivity index (χ0) is 7.44. The number of hydrogen-bond acceptors (Lipinski definition) is 1. The molecule has 0 saturated carbocycles. The molecule has 0 rings (SSSR count). The Morgan fingerprint density at radius 3 is 2.11 bits per heavy atom. The van der Waals surface area contributed by atoms with E-state index in [4.69, 9.17) is 0 Å². The van der Waals surface area contributed by atoms with Crippen LogP contribution in [0.1, 0.15) is 20.3 Å². The summed E-state index contributed by atoms with van der Waals surface area (Å²) in [7, 11) is 3.57. The van der Waals surface area contributed by atoms with Crippen molar-refractivity contribution in [3.63, 3.8) is 0 Å². The minimum Gasteiger partial charge on any atom is -0.349 e. The fourth-order valence-corrected chi connectivity index (χ4v) is 0.615. The van der Waals surface area contributed by atoms with Gasteiger partial charge < -0.3 is 4.90 Å². The highest BCUT2D eigenvalue weighted by molar-refractivity contribution is 5.77. The maximum atomic E-state index is 11.0. The lowest BCUT2D eigenvalue weighted by Gasteiger charge is -2.14. The van der Waals surface area contributed by atoms with Gasteiger partial charge in [-0.1, -0.05) is 13.8 Å². The molecule has 0 fully saturated rings. The Morgan fingerprint density at radius 1 is 1.56 bits per heavy atom. The maximum Gasteiger partial charge on any atom is 0.224 e. The van der Waals surface area contributed by atoms with Crippen molar-refractivity contribution in [2.45, 2.75) is 20.3 Å². The SMILES string of the molecule is CCC(C)C(=O)N(C)C. The third kappa shape index (κ3) is 2.49. The highest BCUT2D eigenvalue weighted by Gasteiger charge is 2.10. The number of carbonyl (C=O) groups excluding carboxylic acids is 1. The van der Waals surface area contributed by atoms with Crippen LogP contribution in [0.3, 0.4) is 0 Å². The van der Waals surface area contributed by atoms with E-state index in [2.05, 4.69) is 0 Å². The molecule has 0 saturated heterocycles. The van der Waals surface area contributed by atoms with Crippen LogP contribution in [0, 0.1) is 5.92 Å². The predicted octanol–water partition coefficient (Wildman–Crippen LogP) is 1.12. The molecule has 1 atom stereocenters. The van der Waals surface area contributed by atoms with E-state index < -0.39 is 0 Å². The molecule has 0 heterocycles.